The summed E-state index contributed by atoms with van der Waals surface area (Å²) in [5, 5.41) is 2.92. The largest absolute Gasteiger partial charge is 0.478 e. The molecule has 3 N–H and O–H groups in total. The number of hydrogen-bond acceptors (Lipinski definition) is 8. The summed E-state index contributed by atoms with van der Waals surface area (Å²) in [7, 11) is 1.14. The highest BCUT2D eigenvalue weighted by atomic mass is 32.2. The predicted molar refractivity (Wildman–Crippen MR) is 152 cm³/mol. The summed E-state index contributed by atoms with van der Waals surface area (Å²) in [5.74, 6) is 2.89. The number of amidine groups is 1. The molecule has 0 atom stereocenters. The summed E-state index contributed by atoms with van der Waals surface area (Å²) in [6.45, 7) is 0. The molecule has 4 rings (SSSR count). The molecule has 0 heterocycles. The highest BCUT2D eigenvalue weighted by molar-refractivity contribution is 7.91. The van der Waals surface area contributed by atoms with Gasteiger partial charge in [-0.25, -0.2) is 13.4 Å². The molecule has 0 saturated carbocycles. The predicted octanol–water partition coefficient (Wildman–Crippen LogP) is 5.61. The Bertz CT molecular complexity index is 1600. The first-order valence-corrected chi connectivity index (χ1v) is 13.3. The maximum Gasteiger partial charge on any atom is 0.257 e. The van der Waals surface area contributed by atoms with Gasteiger partial charge in [-0.1, -0.05) is 12.1 Å². The highest BCUT2D eigenvalue weighted by Gasteiger charge is 2.18. The smallest absolute Gasteiger partial charge is 0.257 e. The summed E-state index contributed by atoms with van der Waals surface area (Å²) in [6, 6.07) is 26.5. The molecular weight excluding hydrogens is 516 g/mol. The van der Waals surface area contributed by atoms with Gasteiger partial charge >= 0.3 is 0 Å². The lowest BCUT2D eigenvalue weighted by Crippen LogP contribution is -2.29. The second kappa shape index (κ2) is 12.1. The standard InChI is InChI=1S/C29H28N4O5S/c1-31-28(32-2)29(36-3)33-21-7-5-9-25(19-21)38-23-12-16-27(17-13-23)39(34,35)26-14-10-22(11-15-26)37-24-8-4-6-20(30)18-24/h4-19H,30H2,1-3H3,(H,31,32). The quantitative estimate of drug-likeness (QED) is 0.176. The van der Waals surface area contributed by atoms with Gasteiger partial charge in [-0.05, 0) is 72.8 Å². The van der Waals surface area contributed by atoms with E-state index in [-0.39, 0.29) is 9.79 Å². The molecule has 0 bridgehead atoms. The maximum atomic E-state index is 13.2. The Balaban J connectivity index is 1.47. The van der Waals surface area contributed by atoms with E-state index in [0.717, 1.165) is 0 Å². The Morgan fingerprint density at radius 3 is 1.79 bits per heavy atom. The molecule has 4 aromatic rings. The third-order valence-electron chi connectivity index (χ3n) is 5.50. The molecule has 39 heavy (non-hydrogen) atoms. The lowest BCUT2D eigenvalue weighted by molar-refractivity contribution is 0.410. The first-order chi connectivity index (χ1) is 18.8. The number of nitrogens with two attached hydrogens (primary N) is 1. The fourth-order valence-corrected chi connectivity index (χ4v) is 4.86. The fraction of sp³-hybridized carbons (Fsp3) is 0.103. The number of sulfone groups is 1. The first kappa shape index (κ1) is 27.2. The molecule has 0 spiro atoms. The van der Waals surface area contributed by atoms with Crippen molar-refractivity contribution in [3.63, 3.8) is 0 Å². The van der Waals surface area contributed by atoms with Crippen LogP contribution >= 0.6 is 0 Å². The van der Waals surface area contributed by atoms with E-state index in [2.05, 4.69) is 15.3 Å². The van der Waals surface area contributed by atoms with Gasteiger partial charge < -0.3 is 25.3 Å². The minimum absolute atomic E-state index is 0.140. The van der Waals surface area contributed by atoms with Crippen LogP contribution in [0.1, 0.15) is 0 Å². The van der Waals surface area contributed by atoms with Crippen LogP contribution in [0.15, 0.2) is 117 Å². The average molecular weight is 545 g/mol. The Labute approximate surface area is 227 Å². The summed E-state index contributed by atoms with van der Waals surface area (Å²) in [6.07, 6.45) is 0. The number of aliphatic imine (C=N–C) groups is 2. The van der Waals surface area contributed by atoms with Crippen LogP contribution in [0, 0.1) is 0 Å². The van der Waals surface area contributed by atoms with E-state index in [0.29, 0.717) is 46.1 Å². The van der Waals surface area contributed by atoms with E-state index in [9.17, 15) is 8.42 Å². The molecule has 0 unspecified atom stereocenters. The van der Waals surface area contributed by atoms with Crippen LogP contribution < -0.4 is 20.5 Å². The number of anilines is 1. The molecule has 9 nitrogen and oxygen atoms in total. The molecule has 0 amide bonds. The number of nitrogen functional groups attached to an aromatic ring is 1. The number of rotatable bonds is 7. The Kier molecular flexibility index (Phi) is 8.47. The molecule has 0 radical (unpaired) electrons. The van der Waals surface area contributed by atoms with Gasteiger partial charge in [0.1, 0.15) is 23.0 Å². The molecule has 0 aliphatic rings. The molecule has 0 aliphatic heterocycles. The normalized spacial score (nSPS) is 12.1. The molecule has 0 saturated heterocycles. The number of nitrogens with one attached hydrogen (secondary N) is 1. The van der Waals surface area contributed by atoms with E-state index in [1.165, 1.54) is 31.4 Å². The maximum absolute atomic E-state index is 13.2. The lowest BCUT2D eigenvalue weighted by atomic mass is 10.3. The SMILES string of the molecule is C/N=C(/NC)C(=Nc1cccc(Oc2ccc(S(=O)(=O)c3ccc(Oc4cccc(N)c4)cc3)cc2)c1)OC. The number of benzene rings is 4. The summed E-state index contributed by atoms with van der Waals surface area (Å²) in [5.41, 5.74) is 6.95. The summed E-state index contributed by atoms with van der Waals surface area (Å²) >= 11 is 0. The van der Waals surface area contributed by atoms with Gasteiger partial charge in [-0.15, -0.1) is 0 Å². The second-order valence-electron chi connectivity index (χ2n) is 8.16. The van der Waals surface area contributed by atoms with E-state index >= 15 is 0 Å². The molecule has 200 valence electrons. The van der Waals surface area contributed by atoms with Crippen molar-refractivity contribution in [3.8, 4) is 23.0 Å². The van der Waals surface area contributed by atoms with Crippen LogP contribution in [0.3, 0.4) is 0 Å². The lowest BCUT2D eigenvalue weighted by Gasteiger charge is -2.10. The van der Waals surface area contributed by atoms with Gasteiger partial charge in [0.2, 0.25) is 9.84 Å². The minimum atomic E-state index is -3.74. The third kappa shape index (κ3) is 6.74. The molecular formula is C29H28N4O5S. The van der Waals surface area contributed by atoms with Crippen LogP contribution in [-0.4, -0.2) is 41.4 Å². The van der Waals surface area contributed by atoms with Crippen molar-refractivity contribution >= 4 is 32.9 Å². The number of nitrogens with zero attached hydrogens (tertiary/aromatic N) is 2. The van der Waals surface area contributed by atoms with Crippen molar-refractivity contribution in [1.82, 2.24) is 5.32 Å². The van der Waals surface area contributed by atoms with Crippen LogP contribution in [0.25, 0.3) is 0 Å². The van der Waals surface area contributed by atoms with Gasteiger partial charge in [-0.3, -0.25) is 4.99 Å². The zero-order valence-corrected chi connectivity index (χ0v) is 22.5. The van der Waals surface area contributed by atoms with Gasteiger partial charge in [0.25, 0.3) is 5.90 Å². The van der Waals surface area contributed by atoms with Crippen LogP contribution in [-0.2, 0) is 14.6 Å². The highest BCUT2D eigenvalue weighted by Crippen LogP contribution is 2.30. The van der Waals surface area contributed by atoms with Gasteiger partial charge in [0, 0.05) is 31.9 Å². The van der Waals surface area contributed by atoms with E-state index in [4.69, 9.17) is 19.9 Å². The molecule has 0 aromatic heterocycles. The van der Waals surface area contributed by atoms with Crippen molar-refractivity contribution in [2.75, 3.05) is 26.9 Å². The minimum Gasteiger partial charge on any atom is -0.478 e. The second-order valence-corrected chi connectivity index (χ2v) is 10.1. The molecule has 0 aliphatic carbocycles. The topological polar surface area (TPSA) is 125 Å². The zero-order chi connectivity index (χ0) is 27.8. The molecule has 10 heteroatoms. The van der Waals surface area contributed by atoms with Crippen LogP contribution in [0.2, 0.25) is 0 Å². The number of methoxy groups -OCH3 is 1. The monoisotopic (exact) mass is 544 g/mol. The van der Waals surface area contributed by atoms with Crippen molar-refractivity contribution in [2.45, 2.75) is 9.79 Å². The van der Waals surface area contributed by atoms with Gasteiger partial charge in [-0.2, -0.15) is 0 Å². The zero-order valence-electron chi connectivity index (χ0n) is 21.7. The summed E-state index contributed by atoms with van der Waals surface area (Å²) < 4.78 is 43.3. The van der Waals surface area contributed by atoms with Crippen molar-refractivity contribution in [1.29, 1.82) is 0 Å². The van der Waals surface area contributed by atoms with Gasteiger partial charge in [0.05, 0.1) is 22.6 Å². The van der Waals surface area contributed by atoms with Crippen molar-refractivity contribution in [3.05, 3.63) is 97.1 Å². The summed E-state index contributed by atoms with van der Waals surface area (Å²) in [4.78, 5) is 8.84. The van der Waals surface area contributed by atoms with E-state index in [1.54, 1.807) is 86.9 Å². The Hall–Kier alpha value is -4.83. The van der Waals surface area contributed by atoms with Crippen molar-refractivity contribution < 1.29 is 22.6 Å². The van der Waals surface area contributed by atoms with E-state index < -0.39 is 9.84 Å². The Morgan fingerprint density at radius 2 is 1.31 bits per heavy atom. The van der Waals surface area contributed by atoms with Gasteiger partial charge in [0.15, 0.2) is 5.84 Å². The van der Waals surface area contributed by atoms with Crippen LogP contribution in [0.5, 0.6) is 23.0 Å². The van der Waals surface area contributed by atoms with E-state index in [1.807, 2.05) is 0 Å². The number of ether oxygens (including phenoxy) is 3. The molecule has 4 aromatic carbocycles. The van der Waals surface area contributed by atoms with Crippen LogP contribution in [0.4, 0.5) is 11.4 Å². The third-order valence-corrected chi connectivity index (χ3v) is 7.29. The number of hydrogen-bond donors (Lipinski definition) is 2. The van der Waals surface area contributed by atoms with Crippen molar-refractivity contribution in [2.24, 2.45) is 9.98 Å². The number of likely N-dealkylation sites (N-methyl/N-ethyl adjacent to an activating group) is 1. The first-order valence-electron chi connectivity index (χ1n) is 11.9. The average Bonchev–Trinajstić information content (AvgIpc) is 2.94. The Morgan fingerprint density at radius 1 is 0.769 bits per heavy atom. The fourth-order valence-electron chi connectivity index (χ4n) is 3.60. The molecule has 0 fully saturated rings.